The van der Waals surface area contributed by atoms with Crippen LogP contribution in [0.1, 0.15) is 44.2 Å². The molecule has 1 aromatic carbocycles. The number of aromatic hydroxyl groups is 1. The summed E-state index contributed by atoms with van der Waals surface area (Å²) in [7, 11) is 1.14. The fraction of sp³-hybridized carbons (Fsp3) is 0.417. The van der Waals surface area contributed by atoms with Gasteiger partial charge >= 0.3 is 5.97 Å². The van der Waals surface area contributed by atoms with Crippen LogP contribution in [0.5, 0.6) is 5.75 Å². The van der Waals surface area contributed by atoms with E-state index in [4.69, 9.17) is 10.5 Å². The maximum atomic E-state index is 13.6. The van der Waals surface area contributed by atoms with Crippen LogP contribution in [0, 0.1) is 17.8 Å². The first-order chi connectivity index (χ1) is 16.0. The molecule has 10 heteroatoms. The number of fused-ring (bicyclic) bond motifs is 3. The summed E-state index contributed by atoms with van der Waals surface area (Å²) in [5.41, 5.74) is 1.22. The van der Waals surface area contributed by atoms with Gasteiger partial charge in [-0.25, -0.2) is 0 Å². The quantitative estimate of drug-likeness (QED) is 0.313. The van der Waals surface area contributed by atoms with E-state index in [-0.39, 0.29) is 17.5 Å². The summed E-state index contributed by atoms with van der Waals surface area (Å²) in [6.45, 7) is 5.38. The summed E-state index contributed by atoms with van der Waals surface area (Å²) in [5, 5.41) is 43.3. The predicted molar refractivity (Wildman–Crippen MR) is 118 cm³/mol. The van der Waals surface area contributed by atoms with E-state index in [1.165, 1.54) is 25.1 Å². The minimum atomic E-state index is -2.72. The van der Waals surface area contributed by atoms with E-state index in [1.54, 1.807) is 0 Å². The molecular formula is C24H27NO9. The zero-order chi connectivity index (χ0) is 25.7. The summed E-state index contributed by atoms with van der Waals surface area (Å²) < 4.78 is 4.90. The van der Waals surface area contributed by atoms with Crippen molar-refractivity contribution in [1.29, 1.82) is 0 Å². The first-order valence-corrected chi connectivity index (χ1v) is 10.9. The van der Waals surface area contributed by atoms with E-state index in [0.717, 1.165) is 7.11 Å². The van der Waals surface area contributed by atoms with Crippen molar-refractivity contribution in [3.8, 4) is 5.75 Å². The first-order valence-electron chi connectivity index (χ1n) is 10.9. The van der Waals surface area contributed by atoms with E-state index >= 15 is 0 Å². The van der Waals surface area contributed by atoms with Crippen LogP contribution in [0.15, 0.2) is 35.1 Å². The fourth-order valence-corrected chi connectivity index (χ4v) is 5.34. The van der Waals surface area contributed by atoms with Gasteiger partial charge in [0.15, 0.2) is 11.4 Å². The molecule has 1 saturated carbocycles. The van der Waals surface area contributed by atoms with Crippen LogP contribution in [0.25, 0.3) is 5.76 Å². The van der Waals surface area contributed by atoms with Crippen molar-refractivity contribution in [2.45, 2.75) is 38.7 Å². The van der Waals surface area contributed by atoms with Gasteiger partial charge in [0.25, 0.3) is 5.91 Å². The highest BCUT2D eigenvalue weighted by Crippen LogP contribution is 2.56. The monoisotopic (exact) mass is 473 g/mol. The Morgan fingerprint density at radius 2 is 1.76 bits per heavy atom. The number of phenolic OH excluding ortho intramolecular Hbond substituents is 1. The summed E-state index contributed by atoms with van der Waals surface area (Å²) in [5.74, 6) is -10.8. The van der Waals surface area contributed by atoms with Gasteiger partial charge in [-0.05, 0) is 18.1 Å². The molecule has 1 aromatic rings. The topological polar surface area (TPSA) is 184 Å². The number of methoxy groups -OCH3 is 1. The van der Waals surface area contributed by atoms with E-state index in [9.17, 15) is 39.6 Å². The second-order valence-electron chi connectivity index (χ2n) is 8.29. The molecule has 5 atom stereocenters. The lowest BCUT2D eigenvalue weighted by Gasteiger charge is -2.49. The number of carbonyl (C=O) groups is 4. The Hall–Kier alpha value is -3.66. The summed E-state index contributed by atoms with van der Waals surface area (Å²) in [4.78, 5) is 50.8. The fourth-order valence-electron chi connectivity index (χ4n) is 5.34. The number of esters is 1. The van der Waals surface area contributed by atoms with Gasteiger partial charge in [-0.3, -0.25) is 19.2 Å². The van der Waals surface area contributed by atoms with Crippen LogP contribution in [-0.2, 0) is 23.9 Å². The normalized spacial score (nSPS) is 29.9. The molecule has 182 valence electrons. The predicted octanol–water partition coefficient (Wildman–Crippen LogP) is 1.41. The van der Waals surface area contributed by atoms with Gasteiger partial charge < -0.3 is 30.9 Å². The lowest BCUT2D eigenvalue weighted by atomic mass is 9.54. The Bertz CT molecular complexity index is 1160. The molecule has 3 aliphatic rings. The molecule has 0 heterocycles. The summed E-state index contributed by atoms with van der Waals surface area (Å²) >= 11 is 0. The molecule has 0 bridgehead atoms. The number of benzene rings is 1. The summed E-state index contributed by atoms with van der Waals surface area (Å²) in [6.07, 6.45) is -0.181. The molecule has 1 fully saturated rings. The maximum Gasteiger partial charge on any atom is 0.313 e. The number of Topliss-reactive ketones (excluding diaryl/α,β-unsaturated/α-hetero) is 2. The molecule has 34 heavy (non-hydrogen) atoms. The molecular weight excluding hydrogens is 446 g/mol. The number of rotatable bonds is 2. The average Bonchev–Trinajstić information content (AvgIpc) is 2.80. The molecule has 3 aliphatic carbocycles. The number of hydrogen-bond acceptors (Lipinski definition) is 9. The lowest BCUT2D eigenvalue weighted by molar-refractivity contribution is -0.154. The highest BCUT2D eigenvalue weighted by atomic mass is 16.5. The highest BCUT2D eigenvalue weighted by molar-refractivity contribution is 6.23. The van der Waals surface area contributed by atoms with Crippen molar-refractivity contribution in [2.75, 3.05) is 7.11 Å². The Morgan fingerprint density at radius 1 is 1.15 bits per heavy atom. The molecule has 0 saturated heterocycles. The number of primary amides is 1. The van der Waals surface area contributed by atoms with E-state index in [2.05, 4.69) is 0 Å². The van der Waals surface area contributed by atoms with Crippen LogP contribution >= 0.6 is 0 Å². The van der Waals surface area contributed by atoms with Crippen molar-refractivity contribution in [1.82, 2.24) is 0 Å². The van der Waals surface area contributed by atoms with Crippen molar-refractivity contribution < 1.29 is 44.3 Å². The largest absolute Gasteiger partial charge is 0.508 e. The van der Waals surface area contributed by atoms with Crippen LogP contribution < -0.4 is 5.73 Å². The maximum absolute atomic E-state index is 13.6. The minimum absolute atomic E-state index is 0.178. The van der Waals surface area contributed by atoms with Crippen LogP contribution in [0.4, 0.5) is 0 Å². The van der Waals surface area contributed by atoms with Gasteiger partial charge in [-0.2, -0.15) is 0 Å². The van der Waals surface area contributed by atoms with E-state index in [0.29, 0.717) is 0 Å². The summed E-state index contributed by atoms with van der Waals surface area (Å²) in [6, 6.07) is 4.20. The van der Waals surface area contributed by atoms with Gasteiger partial charge in [-0.1, -0.05) is 32.9 Å². The molecule has 6 N–H and O–H groups in total. The minimum Gasteiger partial charge on any atom is -0.508 e. The van der Waals surface area contributed by atoms with Crippen LogP contribution in [0.2, 0.25) is 0 Å². The van der Waals surface area contributed by atoms with Crippen LogP contribution in [-0.4, -0.2) is 56.6 Å². The molecule has 0 aliphatic heterocycles. The lowest BCUT2D eigenvalue weighted by Crippen LogP contribution is -2.61. The molecule has 4 rings (SSSR count). The van der Waals surface area contributed by atoms with Gasteiger partial charge in [0, 0.05) is 23.3 Å². The number of ether oxygens (including phenoxy) is 1. The van der Waals surface area contributed by atoms with Gasteiger partial charge in [0.1, 0.15) is 22.8 Å². The SMILES string of the molecule is CC.COC(=O)[C@H]1c2cccc(O)c2C(O)=C2C(=O)[C@]3(O)C(O)=C(C(N)=O)C(=O)[C@@H](C)[C@@H]3C[C@@H]21. The van der Waals surface area contributed by atoms with Gasteiger partial charge in [0.05, 0.1) is 18.6 Å². The molecule has 0 unspecified atom stereocenters. The number of nitrogens with two attached hydrogens (primary N) is 1. The van der Waals surface area contributed by atoms with Crippen LogP contribution in [0.3, 0.4) is 0 Å². The third kappa shape index (κ3) is 3.12. The Balaban J connectivity index is 0.00000158. The number of aliphatic hydroxyl groups is 3. The van der Waals surface area contributed by atoms with Crippen molar-refractivity contribution in [2.24, 2.45) is 23.5 Å². The average molecular weight is 473 g/mol. The molecule has 0 spiro atoms. The zero-order valence-electron chi connectivity index (χ0n) is 19.2. The molecule has 0 aromatic heterocycles. The number of aliphatic hydroxyl groups excluding tert-OH is 2. The number of ketones is 2. The standard InChI is InChI=1S/C22H21NO9.C2H6/c1-7-10-6-9-12(21(30)32-2)8-4-3-5-11(24)13(8)17(26)14(9)18(27)22(10,31)19(28)15(16(7)25)20(23)29;1-2/h3-5,7,9-10,12,24,26,28,31H,6H2,1-2H3,(H2,23,29);1-2H3/t7-,9+,10-,12-,22-;/m0./s1. The number of carbonyl (C=O) groups excluding carboxylic acids is 4. The zero-order valence-corrected chi connectivity index (χ0v) is 19.2. The number of amides is 1. The Kier molecular flexibility index (Phi) is 6.32. The second-order valence-corrected chi connectivity index (χ2v) is 8.29. The highest BCUT2D eigenvalue weighted by Gasteiger charge is 2.64. The first kappa shape index (κ1) is 25.0. The molecule has 0 radical (unpaired) electrons. The molecule has 10 nitrogen and oxygen atoms in total. The van der Waals surface area contributed by atoms with Crippen molar-refractivity contribution in [3.05, 3.63) is 46.2 Å². The number of phenols is 1. The van der Waals surface area contributed by atoms with Gasteiger partial charge in [-0.15, -0.1) is 0 Å². The third-order valence-corrected chi connectivity index (χ3v) is 6.87. The van der Waals surface area contributed by atoms with Gasteiger partial charge in [0.2, 0.25) is 5.78 Å². The van der Waals surface area contributed by atoms with Crippen molar-refractivity contribution in [3.63, 3.8) is 0 Å². The smallest absolute Gasteiger partial charge is 0.313 e. The van der Waals surface area contributed by atoms with Crippen molar-refractivity contribution >= 4 is 29.2 Å². The van der Waals surface area contributed by atoms with E-state index in [1.807, 2.05) is 13.8 Å². The second kappa shape index (κ2) is 8.60. The van der Waals surface area contributed by atoms with E-state index < -0.39 is 81.1 Å². The third-order valence-electron chi connectivity index (χ3n) is 6.87. The Labute approximate surface area is 195 Å². The molecule has 1 amide bonds. The number of hydrogen-bond donors (Lipinski definition) is 5. The Morgan fingerprint density at radius 3 is 2.32 bits per heavy atom.